The predicted octanol–water partition coefficient (Wildman–Crippen LogP) is 1.62. The number of carbonyl (C=O) groups excluding carboxylic acids is 2. The summed E-state index contributed by atoms with van der Waals surface area (Å²) in [5.74, 6) is -4.89. The summed E-state index contributed by atoms with van der Waals surface area (Å²) in [5.41, 5.74) is -3.43. The number of oxime groups is 1. The van der Waals surface area contributed by atoms with Gasteiger partial charge in [-0.05, 0) is 105 Å². The van der Waals surface area contributed by atoms with E-state index in [-0.39, 0.29) is 74.4 Å². The number of carboxylic acids is 1. The van der Waals surface area contributed by atoms with Gasteiger partial charge in [0, 0.05) is 58.3 Å². The smallest absolute Gasteiger partial charge is 0.341 e. The normalized spacial score (nSPS) is 36.4. The summed E-state index contributed by atoms with van der Waals surface area (Å²) in [7, 11) is 8.28. The molecule has 1 aliphatic carbocycles. The van der Waals surface area contributed by atoms with Gasteiger partial charge in [0.1, 0.15) is 46.8 Å². The third kappa shape index (κ3) is 13.2. The fourth-order valence-corrected chi connectivity index (χ4v) is 11.6. The molecule has 2 aromatic rings. The summed E-state index contributed by atoms with van der Waals surface area (Å²) in [4.78, 5) is 60.0. The molecule has 0 unspecified atom stereocenters. The van der Waals surface area contributed by atoms with Crippen molar-refractivity contribution in [3.05, 3.63) is 39.7 Å². The molecule has 432 valence electrons. The molecule has 7 rings (SSSR count). The van der Waals surface area contributed by atoms with Crippen LogP contribution in [0.5, 0.6) is 5.75 Å². The number of likely N-dealkylation sites (N-methyl/N-ethyl adjacent to an activating group) is 1. The van der Waals surface area contributed by atoms with Crippen molar-refractivity contribution in [2.45, 2.75) is 178 Å². The molecule has 3 saturated heterocycles. The second kappa shape index (κ2) is 25.3. The van der Waals surface area contributed by atoms with Crippen LogP contribution in [0.15, 0.2) is 28.3 Å². The van der Waals surface area contributed by atoms with Gasteiger partial charge in [-0.15, -0.1) is 0 Å². The molecule has 0 bridgehead atoms. The fourth-order valence-electron chi connectivity index (χ4n) is 11.6. The number of methoxy groups -OCH3 is 2. The third-order valence-corrected chi connectivity index (χ3v) is 15.9. The number of ether oxygens (including phenoxy) is 9. The summed E-state index contributed by atoms with van der Waals surface area (Å²) < 4.78 is 56.6. The van der Waals surface area contributed by atoms with Gasteiger partial charge >= 0.3 is 17.9 Å². The minimum Gasteiger partial charge on any atom is -0.477 e. The second-order valence-electron chi connectivity index (χ2n) is 22.0. The van der Waals surface area contributed by atoms with Gasteiger partial charge in [0.25, 0.3) is 0 Å². The zero-order chi connectivity index (χ0) is 56.3. The second-order valence-corrected chi connectivity index (χ2v) is 22.0. The van der Waals surface area contributed by atoms with E-state index in [1.165, 1.54) is 20.4 Å². The first-order valence-electron chi connectivity index (χ1n) is 26.6. The number of pyridine rings is 1. The van der Waals surface area contributed by atoms with Crippen LogP contribution in [0.2, 0.25) is 0 Å². The molecule has 4 fully saturated rings. The van der Waals surface area contributed by atoms with E-state index in [1.54, 1.807) is 57.4 Å². The van der Waals surface area contributed by atoms with E-state index in [0.29, 0.717) is 43.6 Å². The Morgan fingerprint density at radius 1 is 1.00 bits per heavy atom. The number of aromatic nitrogens is 1. The maximum atomic E-state index is 14.4. The quantitative estimate of drug-likeness (QED) is 0.0535. The zero-order valence-electron chi connectivity index (χ0n) is 46.1. The number of aryl methyl sites for hydroxylation is 1. The Hall–Kier alpha value is -4.57. The number of aliphatic hydroxyl groups is 4. The SMILES string of the molecule is COCO/N=C1\[C@H](C)C[C@@](C)(O)[C@H](O[C@@H]2O[C@H](C)C[C@H](N(C)C)[C@H]2O)[C@@H](C)[C@H](O[C@H]2C[C@@H](OC)[C@@H](OC(=O)CCNCCCc3cc4c5c(c3)c(=O)c(C(=O)O)cn5N(C)CO4)[C@H](C)O2)[C@@H](C)C(=O)O[C@@H]2CC[C@]2(O)[C@@H]1O. The van der Waals surface area contributed by atoms with E-state index >= 15 is 0 Å². The predicted molar refractivity (Wildman–Crippen MR) is 276 cm³/mol. The van der Waals surface area contributed by atoms with Crippen molar-refractivity contribution in [3.8, 4) is 5.75 Å². The zero-order valence-corrected chi connectivity index (χ0v) is 46.1. The summed E-state index contributed by atoms with van der Waals surface area (Å²) in [6, 6.07) is 3.18. The van der Waals surface area contributed by atoms with Crippen LogP contribution >= 0.6 is 0 Å². The Morgan fingerprint density at radius 2 is 1.74 bits per heavy atom. The maximum absolute atomic E-state index is 14.4. The Kier molecular flexibility index (Phi) is 19.7. The fraction of sp³-hybridized carbons (Fsp3) is 0.755. The molecule has 0 amide bonds. The number of aromatic carboxylic acids is 1. The highest BCUT2D eigenvalue weighted by Gasteiger charge is 2.58. The van der Waals surface area contributed by atoms with E-state index in [4.69, 9.17) is 47.5 Å². The van der Waals surface area contributed by atoms with Gasteiger partial charge in [-0.2, -0.15) is 0 Å². The topological polar surface area (TPSA) is 298 Å². The molecule has 4 aliphatic heterocycles. The molecule has 5 aliphatic rings. The minimum atomic E-state index is -1.95. The van der Waals surface area contributed by atoms with Crippen LogP contribution in [-0.4, -0.2) is 205 Å². The van der Waals surface area contributed by atoms with Gasteiger partial charge in [0.2, 0.25) is 12.2 Å². The lowest BCUT2D eigenvalue weighted by atomic mass is 9.69. The van der Waals surface area contributed by atoms with Crippen LogP contribution < -0.4 is 20.5 Å². The first-order chi connectivity index (χ1) is 36.4. The molecule has 24 nitrogen and oxygen atoms in total. The number of benzene rings is 1. The number of aliphatic hydroxyl groups excluding tert-OH is 2. The Bertz CT molecular complexity index is 2470. The van der Waals surface area contributed by atoms with Crippen molar-refractivity contribution in [1.29, 1.82) is 0 Å². The molecule has 1 aromatic carbocycles. The van der Waals surface area contributed by atoms with Crippen LogP contribution in [0.25, 0.3) is 10.9 Å². The van der Waals surface area contributed by atoms with E-state index in [2.05, 4.69) is 10.5 Å². The molecule has 77 heavy (non-hydrogen) atoms. The third-order valence-electron chi connectivity index (χ3n) is 15.9. The molecule has 0 radical (unpaired) electrons. The van der Waals surface area contributed by atoms with Crippen molar-refractivity contribution < 1.29 is 87.4 Å². The van der Waals surface area contributed by atoms with Crippen molar-refractivity contribution in [3.63, 3.8) is 0 Å². The molecule has 1 aromatic heterocycles. The molecular formula is C53H81N5O19. The van der Waals surface area contributed by atoms with Crippen molar-refractivity contribution in [1.82, 2.24) is 14.9 Å². The number of nitrogens with zero attached hydrogens (tertiary/aromatic N) is 4. The number of fused-ring (bicyclic) bond motifs is 1. The monoisotopic (exact) mass is 1090 g/mol. The number of hydrogen-bond donors (Lipinski definition) is 6. The summed E-state index contributed by atoms with van der Waals surface area (Å²) in [6.45, 7) is 10.9. The van der Waals surface area contributed by atoms with Gasteiger partial charge in [-0.1, -0.05) is 19.0 Å². The molecule has 17 atom stereocenters. The van der Waals surface area contributed by atoms with Gasteiger partial charge < -0.3 is 83.2 Å². The van der Waals surface area contributed by atoms with Gasteiger partial charge in [-0.3, -0.25) is 24.1 Å². The Labute approximate surface area is 448 Å². The van der Waals surface area contributed by atoms with E-state index < -0.39 is 114 Å². The molecule has 6 N–H and O–H groups in total. The first-order valence-corrected chi connectivity index (χ1v) is 26.6. The van der Waals surface area contributed by atoms with E-state index in [1.807, 2.05) is 32.0 Å². The van der Waals surface area contributed by atoms with E-state index in [9.17, 15) is 44.7 Å². The van der Waals surface area contributed by atoms with Crippen LogP contribution in [0, 0.1) is 17.8 Å². The lowest BCUT2D eigenvalue weighted by Gasteiger charge is -2.48. The van der Waals surface area contributed by atoms with Crippen LogP contribution in [-0.2, 0) is 58.7 Å². The number of carbonyl (C=O) groups is 3. The molecule has 5 heterocycles. The van der Waals surface area contributed by atoms with Crippen molar-refractivity contribution in [2.75, 3.05) is 67.0 Å². The van der Waals surface area contributed by atoms with Crippen LogP contribution in [0.1, 0.15) is 102 Å². The molecular weight excluding hydrogens is 1010 g/mol. The largest absolute Gasteiger partial charge is 0.477 e. The minimum absolute atomic E-state index is 0.0176. The summed E-state index contributed by atoms with van der Waals surface area (Å²) in [5, 5.41) is 67.2. The summed E-state index contributed by atoms with van der Waals surface area (Å²) >= 11 is 0. The van der Waals surface area contributed by atoms with Gasteiger partial charge in [0.15, 0.2) is 25.4 Å². The first kappa shape index (κ1) is 60.1. The average molecular weight is 1090 g/mol. The maximum Gasteiger partial charge on any atom is 0.341 e. The highest BCUT2D eigenvalue weighted by Crippen LogP contribution is 2.44. The number of carboxylic acid groups (broad SMARTS) is 1. The summed E-state index contributed by atoms with van der Waals surface area (Å²) in [6.07, 6.45) is -8.14. The number of esters is 2. The number of nitrogens with one attached hydrogen (secondary N) is 1. The lowest BCUT2D eigenvalue weighted by molar-refractivity contribution is -0.311. The molecule has 0 spiro atoms. The highest BCUT2D eigenvalue weighted by atomic mass is 16.7. The van der Waals surface area contributed by atoms with Crippen LogP contribution in [0.4, 0.5) is 0 Å². The average Bonchev–Trinajstić information content (AvgIpc) is 3.38. The standard InChI is InChI=1S/C53H81N5O19/c1-27-23-52(6,66)48(77-51-44(61)35(56(7)8)19-28(2)72-51)29(3)45(30(4)50(65)74-38-14-16-53(38,67)47(62)41(27)55-71-26-68-10)76-40-22-37(69-11)46(31(5)73-40)75-39(59)15-18-54-17-12-13-32-20-33-42-36(21-32)70-25-57(9)58(42)24-34(43(33)60)49(63)64/h20-21,24,27-31,35,37-38,40,44-48,51,54,61-62,66-67H,12-19,22-23,25-26H2,1-11H3,(H,63,64)/b55-41+/t27-,28-,29+,30-,31+,35+,37-,38-,40+,44-,45+,46+,47-,48-,51+,52-,53-/m1/s1. The number of hydrogen-bond acceptors (Lipinski definition) is 22. The van der Waals surface area contributed by atoms with Gasteiger partial charge in [-0.25, -0.2) is 4.79 Å². The number of rotatable bonds is 18. The van der Waals surface area contributed by atoms with Crippen molar-refractivity contribution in [2.24, 2.45) is 22.9 Å². The van der Waals surface area contributed by atoms with Crippen LogP contribution in [0.3, 0.4) is 0 Å². The Balaban J connectivity index is 1.04. The van der Waals surface area contributed by atoms with E-state index in [0.717, 1.165) is 5.56 Å². The van der Waals surface area contributed by atoms with Gasteiger partial charge in [0.05, 0.1) is 53.5 Å². The molecule has 24 heteroatoms. The molecule has 1 saturated carbocycles. The van der Waals surface area contributed by atoms with Crippen molar-refractivity contribution >= 4 is 34.5 Å². The lowest BCUT2D eigenvalue weighted by Crippen LogP contribution is -2.64. The highest BCUT2D eigenvalue weighted by molar-refractivity contribution is 5.95. The Morgan fingerprint density at radius 3 is 2.40 bits per heavy atom.